The van der Waals surface area contributed by atoms with Crippen LogP contribution in [0.4, 0.5) is 0 Å². The van der Waals surface area contributed by atoms with Crippen LogP contribution in [-0.4, -0.2) is 30.4 Å². The van der Waals surface area contributed by atoms with Crippen molar-refractivity contribution in [1.82, 2.24) is 10.2 Å². The second-order valence-electron chi connectivity index (χ2n) is 5.26. The van der Waals surface area contributed by atoms with Crippen LogP contribution < -0.4 is 5.32 Å². The maximum Gasteiger partial charge on any atom is 0.237 e. The van der Waals surface area contributed by atoms with Gasteiger partial charge >= 0.3 is 0 Å². The number of hydrogen-bond donors (Lipinski definition) is 1. The molecule has 2 rings (SSSR count). The van der Waals surface area contributed by atoms with Crippen molar-refractivity contribution < 1.29 is 9.21 Å². The van der Waals surface area contributed by atoms with E-state index in [9.17, 15) is 4.79 Å². The Morgan fingerprint density at radius 1 is 1.27 bits per heavy atom. The molecule has 22 heavy (non-hydrogen) atoms. The molecule has 1 heterocycles. The van der Waals surface area contributed by atoms with Gasteiger partial charge < -0.3 is 9.73 Å². The second kappa shape index (κ2) is 7.47. The molecule has 5 heteroatoms. The zero-order chi connectivity index (χ0) is 16.1. The van der Waals surface area contributed by atoms with Gasteiger partial charge in [-0.3, -0.25) is 9.69 Å². The summed E-state index contributed by atoms with van der Waals surface area (Å²) in [5.74, 6) is 1.64. The Labute approximate surface area is 136 Å². The van der Waals surface area contributed by atoms with E-state index in [2.05, 4.69) is 5.32 Å². The molecule has 0 aliphatic rings. The largest absolute Gasteiger partial charge is 0.460 e. The minimum absolute atomic E-state index is 0.0227. The lowest BCUT2D eigenvalue weighted by Gasteiger charge is -2.22. The number of nitrogens with one attached hydrogen (secondary N) is 1. The zero-order valence-corrected chi connectivity index (χ0v) is 13.9. The lowest BCUT2D eigenvalue weighted by Crippen LogP contribution is -2.42. The Hall–Kier alpha value is -1.78. The molecule has 2 aromatic rings. The van der Waals surface area contributed by atoms with E-state index in [0.29, 0.717) is 18.1 Å². The maximum atomic E-state index is 11.8. The van der Waals surface area contributed by atoms with Gasteiger partial charge in [0.15, 0.2) is 0 Å². The number of hydrogen-bond acceptors (Lipinski definition) is 3. The first kappa shape index (κ1) is 16.6. The molecule has 0 aliphatic carbocycles. The summed E-state index contributed by atoms with van der Waals surface area (Å²) in [4.78, 5) is 13.8. The molecule has 0 saturated carbocycles. The van der Waals surface area contributed by atoms with Crippen molar-refractivity contribution >= 4 is 17.5 Å². The van der Waals surface area contributed by atoms with E-state index < -0.39 is 0 Å². The fourth-order valence-electron chi connectivity index (χ4n) is 2.14. The Bertz CT molecular complexity index is 622. The summed E-state index contributed by atoms with van der Waals surface area (Å²) in [6, 6.07) is 11.2. The molecule has 1 N–H and O–H groups in total. The summed E-state index contributed by atoms with van der Waals surface area (Å²) < 4.78 is 5.85. The molecule has 0 unspecified atom stereocenters. The van der Waals surface area contributed by atoms with Gasteiger partial charge in [0.2, 0.25) is 5.91 Å². The van der Waals surface area contributed by atoms with Crippen molar-refractivity contribution in [2.75, 3.05) is 13.6 Å². The van der Waals surface area contributed by atoms with Crippen LogP contribution in [0.5, 0.6) is 0 Å². The smallest absolute Gasteiger partial charge is 0.237 e. The van der Waals surface area contributed by atoms with Gasteiger partial charge in [-0.25, -0.2) is 0 Å². The van der Waals surface area contributed by atoms with E-state index in [1.165, 1.54) is 0 Å². The number of halogens is 1. The van der Waals surface area contributed by atoms with Crippen molar-refractivity contribution in [3.05, 3.63) is 47.2 Å². The molecule has 1 aromatic carbocycles. The Balaban J connectivity index is 2.02. The number of rotatable bonds is 6. The number of amides is 1. The summed E-state index contributed by atoms with van der Waals surface area (Å²) >= 11 is 5.89. The predicted octanol–water partition coefficient (Wildman–Crippen LogP) is 3.56. The predicted molar refractivity (Wildman–Crippen MR) is 88.8 cm³/mol. The van der Waals surface area contributed by atoms with Crippen molar-refractivity contribution in [2.24, 2.45) is 0 Å². The van der Waals surface area contributed by atoms with Crippen molar-refractivity contribution in [3.63, 3.8) is 0 Å². The zero-order valence-electron chi connectivity index (χ0n) is 13.1. The number of nitrogens with zero attached hydrogens (tertiary/aromatic N) is 1. The van der Waals surface area contributed by atoms with Crippen LogP contribution in [0.1, 0.15) is 19.6 Å². The quantitative estimate of drug-likeness (QED) is 0.885. The van der Waals surface area contributed by atoms with E-state index in [1.54, 1.807) is 0 Å². The number of likely N-dealkylation sites (N-methyl/N-ethyl adjacent to an activating group) is 2. The SMILES string of the molecule is CCNC(=O)[C@@H](C)N(C)Cc1ccc(-c2ccc(Cl)cc2)o1. The summed E-state index contributed by atoms with van der Waals surface area (Å²) in [5, 5.41) is 3.52. The van der Waals surface area contributed by atoms with Gasteiger partial charge in [0, 0.05) is 17.1 Å². The van der Waals surface area contributed by atoms with Gasteiger partial charge in [-0.1, -0.05) is 11.6 Å². The van der Waals surface area contributed by atoms with Crippen LogP contribution in [0.2, 0.25) is 5.02 Å². The average Bonchev–Trinajstić information content (AvgIpc) is 2.95. The van der Waals surface area contributed by atoms with Crippen LogP contribution >= 0.6 is 11.6 Å². The third-order valence-corrected chi connectivity index (χ3v) is 3.84. The van der Waals surface area contributed by atoms with E-state index in [0.717, 1.165) is 17.1 Å². The van der Waals surface area contributed by atoms with E-state index >= 15 is 0 Å². The lowest BCUT2D eigenvalue weighted by molar-refractivity contribution is -0.125. The first-order valence-electron chi connectivity index (χ1n) is 7.34. The summed E-state index contributed by atoms with van der Waals surface area (Å²) in [7, 11) is 1.91. The third-order valence-electron chi connectivity index (χ3n) is 3.59. The van der Waals surface area contributed by atoms with Gasteiger partial charge in [-0.05, 0) is 57.3 Å². The molecule has 118 valence electrons. The average molecular weight is 321 g/mol. The van der Waals surface area contributed by atoms with E-state index in [-0.39, 0.29) is 11.9 Å². The number of carbonyl (C=O) groups is 1. The van der Waals surface area contributed by atoms with E-state index in [1.807, 2.05) is 62.2 Å². The van der Waals surface area contributed by atoms with E-state index in [4.69, 9.17) is 16.0 Å². The summed E-state index contributed by atoms with van der Waals surface area (Å²) in [6.07, 6.45) is 0. The summed E-state index contributed by atoms with van der Waals surface area (Å²) in [5.41, 5.74) is 0.982. The van der Waals surface area contributed by atoms with Gasteiger partial charge in [-0.15, -0.1) is 0 Å². The highest BCUT2D eigenvalue weighted by Gasteiger charge is 2.18. The third kappa shape index (κ3) is 4.12. The fraction of sp³-hybridized carbons (Fsp3) is 0.353. The Morgan fingerprint density at radius 3 is 2.59 bits per heavy atom. The topological polar surface area (TPSA) is 45.5 Å². The molecule has 1 aromatic heterocycles. The van der Waals surface area contributed by atoms with Gasteiger partial charge in [0.25, 0.3) is 0 Å². The normalized spacial score (nSPS) is 12.4. The molecule has 1 amide bonds. The minimum atomic E-state index is -0.205. The molecule has 0 bridgehead atoms. The Kier molecular flexibility index (Phi) is 5.63. The Morgan fingerprint density at radius 2 is 1.95 bits per heavy atom. The standard InChI is InChI=1S/C17H21ClN2O2/c1-4-19-17(21)12(2)20(3)11-15-9-10-16(22-15)13-5-7-14(18)8-6-13/h5-10,12H,4,11H2,1-3H3,(H,19,21)/t12-/m1/s1. The first-order valence-corrected chi connectivity index (χ1v) is 7.71. The monoisotopic (exact) mass is 320 g/mol. The highest BCUT2D eigenvalue weighted by molar-refractivity contribution is 6.30. The van der Waals surface area contributed by atoms with Crippen molar-refractivity contribution in [1.29, 1.82) is 0 Å². The fourth-order valence-corrected chi connectivity index (χ4v) is 2.26. The van der Waals surface area contributed by atoms with Gasteiger partial charge in [-0.2, -0.15) is 0 Å². The first-order chi connectivity index (χ1) is 10.5. The number of carbonyl (C=O) groups excluding carboxylic acids is 1. The van der Waals surface area contributed by atoms with Gasteiger partial charge in [0.1, 0.15) is 11.5 Å². The lowest BCUT2D eigenvalue weighted by atomic mass is 10.2. The molecular formula is C17H21ClN2O2. The second-order valence-corrected chi connectivity index (χ2v) is 5.69. The molecule has 0 fully saturated rings. The number of benzene rings is 1. The molecular weight excluding hydrogens is 300 g/mol. The van der Waals surface area contributed by atoms with Crippen molar-refractivity contribution in [2.45, 2.75) is 26.4 Å². The highest BCUT2D eigenvalue weighted by Crippen LogP contribution is 2.24. The molecule has 0 saturated heterocycles. The molecule has 1 atom stereocenters. The van der Waals surface area contributed by atoms with Crippen LogP contribution in [0.15, 0.2) is 40.8 Å². The van der Waals surface area contributed by atoms with Gasteiger partial charge in [0.05, 0.1) is 12.6 Å². The molecule has 0 radical (unpaired) electrons. The minimum Gasteiger partial charge on any atom is -0.460 e. The van der Waals surface area contributed by atoms with Crippen LogP contribution in [-0.2, 0) is 11.3 Å². The summed E-state index contributed by atoms with van der Waals surface area (Å²) in [6.45, 7) is 5.01. The van der Waals surface area contributed by atoms with Crippen molar-refractivity contribution in [3.8, 4) is 11.3 Å². The van der Waals surface area contributed by atoms with Crippen LogP contribution in [0.25, 0.3) is 11.3 Å². The van der Waals surface area contributed by atoms with Crippen LogP contribution in [0, 0.1) is 0 Å². The number of furan rings is 1. The molecule has 0 aliphatic heterocycles. The maximum absolute atomic E-state index is 11.8. The van der Waals surface area contributed by atoms with Crippen LogP contribution in [0.3, 0.4) is 0 Å². The molecule has 4 nitrogen and oxygen atoms in total. The highest BCUT2D eigenvalue weighted by atomic mass is 35.5. The molecule has 0 spiro atoms.